The largest absolute Gasteiger partial charge is 0.379 e. The van der Waals surface area contributed by atoms with Crippen molar-refractivity contribution >= 4 is 5.91 Å². The maximum absolute atomic E-state index is 12.8. The van der Waals surface area contributed by atoms with E-state index in [9.17, 15) is 4.79 Å². The van der Waals surface area contributed by atoms with Gasteiger partial charge in [-0.25, -0.2) is 0 Å². The first-order chi connectivity index (χ1) is 10.8. The molecular weight excluding hydrogens is 278 g/mol. The normalized spacial score (nSPS) is 34.0. The maximum Gasteiger partial charge on any atom is 0.226 e. The van der Waals surface area contributed by atoms with Crippen molar-refractivity contribution in [2.75, 3.05) is 52.5 Å². The topological polar surface area (TPSA) is 58.8 Å². The fraction of sp³-hybridized carbons (Fsp3) is 0.941. The van der Waals surface area contributed by atoms with Crippen molar-refractivity contribution in [2.24, 2.45) is 23.5 Å². The zero-order valence-electron chi connectivity index (χ0n) is 13.7. The SMILES string of the molecule is NC[C@H]1CCC[C@H]1C(=O)N1CCCC(CN2CCOCC2)C1. The Kier molecular flexibility index (Phi) is 5.71. The summed E-state index contributed by atoms with van der Waals surface area (Å²) in [6, 6.07) is 0. The van der Waals surface area contributed by atoms with Crippen molar-refractivity contribution in [1.29, 1.82) is 0 Å². The van der Waals surface area contributed by atoms with Gasteiger partial charge in [0.2, 0.25) is 5.91 Å². The van der Waals surface area contributed by atoms with Gasteiger partial charge in [-0.05, 0) is 44.1 Å². The standard InChI is InChI=1S/C17H31N3O2/c18-11-15-4-1-5-16(15)17(21)20-6-2-3-14(13-20)12-19-7-9-22-10-8-19/h14-16H,1-13,18H2/t14?,15-,16-/m1/s1. The highest BCUT2D eigenvalue weighted by molar-refractivity contribution is 5.79. The van der Waals surface area contributed by atoms with Gasteiger partial charge in [0.05, 0.1) is 13.2 Å². The van der Waals surface area contributed by atoms with E-state index in [2.05, 4.69) is 9.80 Å². The summed E-state index contributed by atoms with van der Waals surface area (Å²) in [5.74, 6) is 1.65. The highest BCUT2D eigenvalue weighted by atomic mass is 16.5. The number of carbonyl (C=O) groups is 1. The molecular formula is C17H31N3O2. The number of amides is 1. The van der Waals surface area contributed by atoms with Crippen molar-refractivity contribution in [3.63, 3.8) is 0 Å². The first-order valence-electron chi connectivity index (χ1n) is 9.07. The van der Waals surface area contributed by atoms with Gasteiger partial charge in [0, 0.05) is 38.6 Å². The Hall–Kier alpha value is -0.650. The van der Waals surface area contributed by atoms with Crippen LogP contribution in [0, 0.1) is 17.8 Å². The molecule has 3 rings (SSSR count). The molecule has 5 heteroatoms. The molecule has 0 aromatic rings. The minimum Gasteiger partial charge on any atom is -0.379 e. The smallest absolute Gasteiger partial charge is 0.226 e. The molecule has 0 bridgehead atoms. The number of rotatable bonds is 4. The van der Waals surface area contributed by atoms with Gasteiger partial charge < -0.3 is 15.4 Å². The van der Waals surface area contributed by atoms with Crippen LogP contribution < -0.4 is 5.73 Å². The Morgan fingerprint density at radius 2 is 1.91 bits per heavy atom. The average Bonchev–Trinajstić information content (AvgIpc) is 3.04. The maximum atomic E-state index is 12.8. The molecule has 2 heterocycles. The molecule has 0 radical (unpaired) electrons. The average molecular weight is 309 g/mol. The number of ether oxygens (including phenoxy) is 1. The van der Waals surface area contributed by atoms with Crippen LogP contribution in [0.1, 0.15) is 32.1 Å². The summed E-state index contributed by atoms with van der Waals surface area (Å²) in [4.78, 5) is 17.5. The molecule has 126 valence electrons. The van der Waals surface area contributed by atoms with Crippen LogP contribution in [-0.2, 0) is 9.53 Å². The van der Waals surface area contributed by atoms with Gasteiger partial charge in [-0.1, -0.05) is 6.42 Å². The lowest BCUT2D eigenvalue weighted by molar-refractivity contribution is -0.138. The van der Waals surface area contributed by atoms with E-state index in [0.29, 0.717) is 24.3 Å². The fourth-order valence-corrected chi connectivity index (χ4v) is 4.44. The third-order valence-corrected chi connectivity index (χ3v) is 5.73. The van der Waals surface area contributed by atoms with Crippen molar-refractivity contribution in [3.05, 3.63) is 0 Å². The second kappa shape index (κ2) is 7.75. The predicted octanol–water partition coefficient (Wildman–Crippen LogP) is 0.932. The first-order valence-corrected chi connectivity index (χ1v) is 9.07. The van der Waals surface area contributed by atoms with Gasteiger partial charge in [0.15, 0.2) is 0 Å². The van der Waals surface area contributed by atoms with E-state index >= 15 is 0 Å². The molecule has 1 unspecified atom stereocenters. The number of hydrogen-bond donors (Lipinski definition) is 1. The molecule has 1 amide bonds. The molecule has 3 aliphatic rings. The molecule has 5 nitrogen and oxygen atoms in total. The first kappa shape index (κ1) is 16.2. The quantitative estimate of drug-likeness (QED) is 0.839. The number of piperidine rings is 1. The molecule has 0 spiro atoms. The molecule has 22 heavy (non-hydrogen) atoms. The Bertz CT molecular complexity index is 371. The number of hydrogen-bond acceptors (Lipinski definition) is 4. The molecule has 3 atom stereocenters. The van der Waals surface area contributed by atoms with E-state index in [-0.39, 0.29) is 5.92 Å². The lowest BCUT2D eigenvalue weighted by Gasteiger charge is -2.38. The molecule has 0 aromatic heterocycles. The van der Waals surface area contributed by atoms with E-state index < -0.39 is 0 Å². The van der Waals surface area contributed by atoms with Crippen LogP contribution in [0.5, 0.6) is 0 Å². The summed E-state index contributed by atoms with van der Waals surface area (Å²) in [6.45, 7) is 7.49. The molecule has 1 saturated carbocycles. The van der Waals surface area contributed by atoms with E-state index in [1.165, 1.54) is 12.8 Å². The van der Waals surface area contributed by atoms with E-state index in [1.807, 2.05) is 0 Å². The van der Waals surface area contributed by atoms with Gasteiger partial charge in [-0.15, -0.1) is 0 Å². The zero-order valence-corrected chi connectivity index (χ0v) is 13.7. The Labute approximate surface area is 134 Å². The van der Waals surface area contributed by atoms with Crippen molar-refractivity contribution in [2.45, 2.75) is 32.1 Å². The van der Waals surface area contributed by atoms with E-state index in [1.54, 1.807) is 0 Å². The highest BCUT2D eigenvalue weighted by Crippen LogP contribution is 2.33. The third kappa shape index (κ3) is 3.81. The molecule has 3 fully saturated rings. The predicted molar refractivity (Wildman–Crippen MR) is 86.4 cm³/mol. The molecule has 1 aliphatic carbocycles. The number of morpholine rings is 1. The van der Waals surface area contributed by atoms with Crippen LogP contribution in [0.3, 0.4) is 0 Å². The van der Waals surface area contributed by atoms with Crippen LogP contribution in [0.2, 0.25) is 0 Å². The summed E-state index contributed by atoms with van der Waals surface area (Å²) in [6.07, 6.45) is 5.76. The van der Waals surface area contributed by atoms with Crippen LogP contribution in [0.25, 0.3) is 0 Å². The Morgan fingerprint density at radius 1 is 1.09 bits per heavy atom. The van der Waals surface area contributed by atoms with Crippen LogP contribution in [-0.4, -0.2) is 68.2 Å². The van der Waals surface area contributed by atoms with Gasteiger partial charge >= 0.3 is 0 Å². The van der Waals surface area contributed by atoms with Crippen molar-refractivity contribution < 1.29 is 9.53 Å². The summed E-state index contributed by atoms with van der Waals surface area (Å²) in [5, 5.41) is 0. The van der Waals surface area contributed by atoms with Crippen LogP contribution >= 0.6 is 0 Å². The summed E-state index contributed by atoms with van der Waals surface area (Å²) >= 11 is 0. The number of nitrogens with zero attached hydrogens (tertiary/aromatic N) is 2. The Morgan fingerprint density at radius 3 is 2.68 bits per heavy atom. The second-order valence-electron chi connectivity index (χ2n) is 7.24. The molecule has 0 aromatic carbocycles. The van der Waals surface area contributed by atoms with E-state index in [0.717, 1.165) is 65.2 Å². The number of carbonyl (C=O) groups excluding carboxylic acids is 1. The fourth-order valence-electron chi connectivity index (χ4n) is 4.44. The Balaban J connectivity index is 1.52. The number of nitrogens with two attached hydrogens (primary N) is 1. The van der Waals surface area contributed by atoms with Crippen molar-refractivity contribution in [1.82, 2.24) is 9.80 Å². The molecule has 2 saturated heterocycles. The second-order valence-corrected chi connectivity index (χ2v) is 7.24. The van der Waals surface area contributed by atoms with Gasteiger partial charge in [0.1, 0.15) is 0 Å². The summed E-state index contributed by atoms with van der Waals surface area (Å²) < 4.78 is 5.42. The van der Waals surface area contributed by atoms with Crippen LogP contribution in [0.15, 0.2) is 0 Å². The van der Waals surface area contributed by atoms with Gasteiger partial charge in [-0.2, -0.15) is 0 Å². The monoisotopic (exact) mass is 309 g/mol. The van der Waals surface area contributed by atoms with Gasteiger partial charge in [0.25, 0.3) is 0 Å². The van der Waals surface area contributed by atoms with Crippen molar-refractivity contribution in [3.8, 4) is 0 Å². The van der Waals surface area contributed by atoms with Gasteiger partial charge in [-0.3, -0.25) is 9.69 Å². The zero-order chi connectivity index (χ0) is 15.4. The summed E-state index contributed by atoms with van der Waals surface area (Å²) in [5.41, 5.74) is 5.85. The number of likely N-dealkylation sites (tertiary alicyclic amines) is 1. The highest BCUT2D eigenvalue weighted by Gasteiger charge is 2.36. The lowest BCUT2D eigenvalue weighted by Crippen LogP contribution is -2.48. The summed E-state index contributed by atoms with van der Waals surface area (Å²) in [7, 11) is 0. The van der Waals surface area contributed by atoms with E-state index in [4.69, 9.17) is 10.5 Å². The molecule has 2 N–H and O–H groups in total. The van der Waals surface area contributed by atoms with Crippen LogP contribution in [0.4, 0.5) is 0 Å². The minimum absolute atomic E-state index is 0.201. The lowest BCUT2D eigenvalue weighted by atomic mass is 9.91. The third-order valence-electron chi connectivity index (χ3n) is 5.73. The molecule has 2 aliphatic heterocycles. The minimum atomic E-state index is 0.201.